The summed E-state index contributed by atoms with van der Waals surface area (Å²) in [5, 5.41) is 0. The van der Waals surface area contributed by atoms with Crippen molar-refractivity contribution in [3.05, 3.63) is 12.2 Å². The van der Waals surface area contributed by atoms with E-state index in [1.165, 1.54) is 64.2 Å². The Morgan fingerprint density at radius 1 is 0.641 bits per heavy atom. The Labute approximate surface area is 391 Å². The summed E-state index contributed by atoms with van der Waals surface area (Å²) in [6, 6.07) is 0. The third-order valence-corrected chi connectivity index (χ3v) is 16.7. The van der Waals surface area contributed by atoms with E-state index in [2.05, 4.69) is 32.9 Å². The highest BCUT2D eigenvalue weighted by Gasteiger charge is 2.53. The van der Waals surface area contributed by atoms with E-state index >= 15 is 0 Å². The van der Waals surface area contributed by atoms with Gasteiger partial charge in [-0.3, -0.25) is 19.2 Å². The number of carbonyl (C=O) groups excluding carboxylic acids is 4. The van der Waals surface area contributed by atoms with Crippen molar-refractivity contribution in [2.45, 2.75) is 267 Å². The molecule has 1 aliphatic heterocycles. The Morgan fingerprint density at radius 3 is 1.67 bits per heavy atom. The number of hydrogen-bond acceptors (Lipinski definition) is 9. The highest BCUT2D eigenvalue weighted by Crippen LogP contribution is 2.54. The van der Waals surface area contributed by atoms with E-state index in [0.717, 1.165) is 95.8 Å². The molecule has 1 saturated heterocycles. The fraction of sp³-hybridized carbons (Fsp3) is 0.891. The van der Waals surface area contributed by atoms with E-state index in [1.807, 2.05) is 69.2 Å². The van der Waals surface area contributed by atoms with Crippen molar-refractivity contribution in [3.63, 3.8) is 0 Å². The predicted molar refractivity (Wildman–Crippen MR) is 257 cm³/mol. The predicted octanol–water partition coefficient (Wildman–Crippen LogP) is 14.4. The number of carbonyl (C=O) groups is 4. The van der Waals surface area contributed by atoms with Crippen LogP contribution in [0.1, 0.15) is 244 Å². The molecule has 64 heavy (non-hydrogen) atoms. The lowest BCUT2D eigenvalue weighted by Crippen LogP contribution is -2.44. The van der Waals surface area contributed by atoms with Crippen molar-refractivity contribution in [2.75, 3.05) is 6.61 Å². The molecule has 5 aliphatic carbocycles. The molecule has 9 heteroatoms. The molecule has 0 aromatic heterocycles. The monoisotopic (exact) mass is 901 g/mol. The zero-order valence-electron chi connectivity index (χ0n) is 43.4. The molecular formula is C55H96O9. The molecule has 9 nitrogen and oxygen atoms in total. The van der Waals surface area contributed by atoms with Crippen LogP contribution in [0.5, 0.6) is 0 Å². The SMILES string of the molecule is CCC(C)(C)C(=O)OC1(C2CCCCC2)CCCC1.CCC(C)(C)C(=O)OC1CCCCO1.CCC(C)C(=O)OC1(CC)CC2CCC1C2.CCC1(OC(=O)C(C)(C)CC)C=CCC1. The molecule has 0 aromatic rings. The second-order valence-corrected chi connectivity index (χ2v) is 22.4. The van der Waals surface area contributed by atoms with Gasteiger partial charge >= 0.3 is 23.9 Å². The molecule has 370 valence electrons. The molecule has 0 spiro atoms. The Bertz CT molecular complexity index is 1480. The van der Waals surface area contributed by atoms with Gasteiger partial charge in [0.1, 0.15) is 16.8 Å². The lowest BCUT2D eigenvalue weighted by atomic mass is 9.75. The van der Waals surface area contributed by atoms with Gasteiger partial charge in [-0.15, -0.1) is 0 Å². The maximum atomic E-state index is 12.5. The summed E-state index contributed by atoms with van der Waals surface area (Å²) < 4.78 is 28.4. The Hall–Kier alpha value is -2.42. The van der Waals surface area contributed by atoms with E-state index < -0.39 is 0 Å². The maximum Gasteiger partial charge on any atom is 0.313 e. The molecule has 0 N–H and O–H groups in total. The molecule has 2 bridgehead atoms. The minimum Gasteiger partial charge on any atom is -0.459 e. The molecule has 4 saturated carbocycles. The van der Waals surface area contributed by atoms with Gasteiger partial charge < -0.3 is 23.7 Å². The summed E-state index contributed by atoms with van der Waals surface area (Å²) in [7, 11) is 0. The van der Waals surface area contributed by atoms with E-state index in [4.69, 9.17) is 23.7 Å². The van der Waals surface area contributed by atoms with Gasteiger partial charge in [0.25, 0.3) is 0 Å². The van der Waals surface area contributed by atoms with Gasteiger partial charge in [0, 0.05) is 6.42 Å². The standard InChI is InChI=1S/C17H30O2.C14H24O2.C13H22O2.C11H20O3/c1-4-16(2,3)15(18)19-17(12-8-9-13-17)14-10-6-5-7-11-14;1-4-10(3)13(15)16-14(5-2)9-11-6-7-12(14)8-11;1-5-12(3,4)11(14)15-13(6-2)9-7-8-10-13;1-4-11(2,3)10(12)14-9-7-5-6-8-13-9/h14H,4-13H2,1-3H3;10-12H,4-9H2,1-3H3;7,9H,5-6,8,10H2,1-4H3;9H,4-8H2,1-3H3. The summed E-state index contributed by atoms with van der Waals surface area (Å²) in [6.45, 7) is 26.8. The summed E-state index contributed by atoms with van der Waals surface area (Å²) in [5.41, 5.74) is -1.60. The van der Waals surface area contributed by atoms with Crippen LogP contribution in [0.15, 0.2) is 12.2 Å². The zero-order valence-corrected chi connectivity index (χ0v) is 43.4. The van der Waals surface area contributed by atoms with Crippen LogP contribution in [0, 0.1) is 39.9 Å². The van der Waals surface area contributed by atoms with Crippen molar-refractivity contribution < 1.29 is 42.9 Å². The molecule has 0 aromatic carbocycles. The summed E-state index contributed by atoms with van der Waals surface area (Å²) in [5.74, 6) is 2.00. The fourth-order valence-corrected chi connectivity index (χ4v) is 10.0. The smallest absolute Gasteiger partial charge is 0.313 e. The highest BCUT2D eigenvalue weighted by atomic mass is 16.7. The lowest BCUT2D eigenvalue weighted by Gasteiger charge is -2.41. The normalized spacial score (nSPS) is 28.0. The lowest BCUT2D eigenvalue weighted by molar-refractivity contribution is -0.196. The molecule has 5 fully saturated rings. The number of rotatable bonds is 15. The quantitative estimate of drug-likeness (QED) is 0.0900. The molecule has 6 aliphatic rings. The number of hydrogen-bond donors (Lipinski definition) is 0. The third-order valence-electron chi connectivity index (χ3n) is 16.7. The molecule has 6 atom stereocenters. The Morgan fingerprint density at radius 2 is 1.22 bits per heavy atom. The van der Waals surface area contributed by atoms with E-state index in [0.29, 0.717) is 18.4 Å². The van der Waals surface area contributed by atoms with Crippen molar-refractivity contribution in [3.8, 4) is 0 Å². The Kier molecular flexibility index (Phi) is 21.9. The second-order valence-electron chi connectivity index (χ2n) is 22.4. The van der Waals surface area contributed by atoms with Crippen LogP contribution in [0.4, 0.5) is 0 Å². The molecule has 0 radical (unpaired) electrons. The molecular weight excluding hydrogens is 805 g/mol. The van der Waals surface area contributed by atoms with Crippen molar-refractivity contribution >= 4 is 23.9 Å². The van der Waals surface area contributed by atoms with Crippen LogP contribution < -0.4 is 0 Å². The van der Waals surface area contributed by atoms with Gasteiger partial charge in [-0.05, 0) is 194 Å². The average molecular weight is 901 g/mol. The van der Waals surface area contributed by atoms with Gasteiger partial charge in [-0.25, -0.2) is 0 Å². The van der Waals surface area contributed by atoms with Crippen LogP contribution in [-0.4, -0.2) is 53.6 Å². The minimum absolute atomic E-state index is 0.0249. The van der Waals surface area contributed by atoms with Gasteiger partial charge in [0.2, 0.25) is 6.29 Å². The van der Waals surface area contributed by atoms with Gasteiger partial charge in [0.05, 0.1) is 28.8 Å². The van der Waals surface area contributed by atoms with Crippen LogP contribution in [0.3, 0.4) is 0 Å². The molecule has 6 rings (SSSR count). The van der Waals surface area contributed by atoms with E-state index in [9.17, 15) is 19.2 Å². The van der Waals surface area contributed by atoms with Gasteiger partial charge in [-0.1, -0.05) is 73.8 Å². The second kappa shape index (κ2) is 25.1. The van der Waals surface area contributed by atoms with Crippen LogP contribution >= 0.6 is 0 Å². The minimum atomic E-state index is -0.388. The summed E-state index contributed by atoms with van der Waals surface area (Å²) >= 11 is 0. The highest BCUT2D eigenvalue weighted by molar-refractivity contribution is 5.77. The van der Waals surface area contributed by atoms with Gasteiger partial charge in [-0.2, -0.15) is 0 Å². The van der Waals surface area contributed by atoms with Crippen LogP contribution in [-0.2, 0) is 42.9 Å². The summed E-state index contributed by atoms with van der Waals surface area (Å²) in [4.78, 5) is 48.0. The topological polar surface area (TPSA) is 114 Å². The van der Waals surface area contributed by atoms with Crippen molar-refractivity contribution in [1.82, 2.24) is 0 Å². The molecule has 1 heterocycles. The van der Waals surface area contributed by atoms with Crippen molar-refractivity contribution in [1.29, 1.82) is 0 Å². The molecule has 6 unspecified atom stereocenters. The van der Waals surface area contributed by atoms with E-state index in [1.54, 1.807) is 0 Å². The van der Waals surface area contributed by atoms with Crippen LogP contribution in [0.2, 0.25) is 0 Å². The summed E-state index contributed by atoms with van der Waals surface area (Å²) in [6.07, 6.45) is 30.3. The Balaban J connectivity index is 0.000000228. The number of fused-ring (bicyclic) bond motifs is 2. The average Bonchev–Trinajstić information content (AvgIpc) is 4.14. The first-order chi connectivity index (χ1) is 30.1. The van der Waals surface area contributed by atoms with Gasteiger partial charge in [0.15, 0.2) is 0 Å². The van der Waals surface area contributed by atoms with Crippen LogP contribution in [0.25, 0.3) is 0 Å². The first-order valence-corrected chi connectivity index (χ1v) is 26.3. The number of ether oxygens (including phenoxy) is 5. The maximum absolute atomic E-state index is 12.5. The largest absolute Gasteiger partial charge is 0.459 e. The molecule has 0 amide bonds. The van der Waals surface area contributed by atoms with E-state index in [-0.39, 0.29) is 69.1 Å². The number of allylic oxidation sites excluding steroid dienone is 1. The first-order valence-electron chi connectivity index (χ1n) is 26.3. The third kappa shape index (κ3) is 15.3. The fourth-order valence-electron chi connectivity index (χ4n) is 10.0. The zero-order chi connectivity index (χ0) is 47.8. The first kappa shape index (κ1) is 55.9. The number of esters is 4. The van der Waals surface area contributed by atoms with Crippen molar-refractivity contribution in [2.24, 2.45) is 39.9 Å².